The molecule has 0 aromatic heterocycles. The lowest BCUT2D eigenvalue weighted by Gasteiger charge is -2.06. The molecule has 0 saturated carbocycles. The Kier molecular flexibility index (Phi) is 4.46. The van der Waals surface area contributed by atoms with E-state index in [9.17, 15) is 9.59 Å². The largest absolute Gasteiger partial charge is 0.460 e. The van der Waals surface area contributed by atoms with Crippen LogP contribution in [0.25, 0.3) is 0 Å². The van der Waals surface area contributed by atoms with Gasteiger partial charge >= 0.3 is 11.9 Å². The van der Waals surface area contributed by atoms with Crippen molar-refractivity contribution in [3.05, 3.63) is 47.7 Å². The van der Waals surface area contributed by atoms with E-state index in [1.54, 1.807) is 25.1 Å². The lowest BCUT2D eigenvalue weighted by Crippen LogP contribution is -2.13. The second-order valence-electron chi connectivity index (χ2n) is 3.40. The maximum absolute atomic E-state index is 11.6. The fraction of sp³-hybridized carbons (Fsp3) is 0.231. The lowest BCUT2D eigenvalue weighted by molar-refractivity contribution is -0.141. The van der Waals surface area contributed by atoms with Crippen LogP contribution in [0.5, 0.6) is 0 Å². The third-order valence-electron chi connectivity index (χ3n) is 1.97. The highest BCUT2D eigenvalue weighted by molar-refractivity contribution is 5.95. The molecule has 17 heavy (non-hydrogen) atoms. The molecule has 0 spiro atoms. The Hall–Kier alpha value is -2.10. The van der Waals surface area contributed by atoms with E-state index in [0.29, 0.717) is 5.56 Å². The van der Waals surface area contributed by atoms with Crippen molar-refractivity contribution in [2.24, 2.45) is 0 Å². The molecule has 0 bridgehead atoms. The summed E-state index contributed by atoms with van der Waals surface area (Å²) < 4.78 is 9.45. The van der Waals surface area contributed by atoms with Gasteiger partial charge in [-0.2, -0.15) is 0 Å². The van der Waals surface area contributed by atoms with E-state index in [-0.39, 0.29) is 12.4 Å². The number of rotatable bonds is 4. The summed E-state index contributed by atoms with van der Waals surface area (Å²) in [6, 6.07) is 6.87. The first kappa shape index (κ1) is 13.0. The van der Waals surface area contributed by atoms with E-state index in [0.717, 1.165) is 5.56 Å². The molecule has 4 heteroatoms. The quantitative estimate of drug-likeness (QED) is 0.455. The molecule has 4 nitrogen and oxygen atoms in total. The molecule has 1 aromatic rings. The van der Waals surface area contributed by atoms with Gasteiger partial charge in [0, 0.05) is 0 Å². The van der Waals surface area contributed by atoms with E-state index in [2.05, 4.69) is 11.3 Å². The number of aryl methyl sites for hydroxylation is 1. The standard InChI is InChI=1S/C13H14O4/c1-4-16-12(14)10(3)17-13(15)11-7-5-6-9(2)8-11/h5-8H,3-4H2,1-2H3. The van der Waals surface area contributed by atoms with Crippen molar-refractivity contribution in [1.29, 1.82) is 0 Å². The van der Waals surface area contributed by atoms with Crippen LogP contribution in [0.1, 0.15) is 22.8 Å². The topological polar surface area (TPSA) is 52.6 Å². The van der Waals surface area contributed by atoms with Crippen molar-refractivity contribution in [3.63, 3.8) is 0 Å². The number of ether oxygens (including phenoxy) is 2. The average molecular weight is 234 g/mol. The Morgan fingerprint density at radius 1 is 1.35 bits per heavy atom. The molecular weight excluding hydrogens is 220 g/mol. The van der Waals surface area contributed by atoms with Crippen LogP contribution in [-0.4, -0.2) is 18.5 Å². The molecule has 0 aliphatic carbocycles. The van der Waals surface area contributed by atoms with E-state index in [1.807, 2.05) is 13.0 Å². The molecule has 1 rings (SSSR count). The van der Waals surface area contributed by atoms with E-state index < -0.39 is 11.9 Å². The summed E-state index contributed by atoms with van der Waals surface area (Å²) in [5.41, 5.74) is 1.30. The number of hydrogen-bond donors (Lipinski definition) is 0. The molecule has 0 atom stereocenters. The first-order valence-corrected chi connectivity index (χ1v) is 5.19. The first-order chi connectivity index (χ1) is 8.04. The normalized spacial score (nSPS) is 9.53. The summed E-state index contributed by atoms with van der Waals surface area (Å²) in [7, 11) is 0. The van der Waals surface area contributed by atoms with Crippen LogP contribution < -0.4 is 0 Å². The van der Waals surface area contributed by atoms with E-state index in [1.165, 1.54) is 0 Å². The van der Waals surface area contributed by atoms with Crippen LogP contribution in [0, 0.1) is 6.92 Å². The highest BCUT2D eigenvalue weighted by Gasteiger charge is 2.15. The van der Waals surface area contributed by atoms with Crippen LogP contribution in [0.2, 0.25) is 0 Å². The maximum atomic E-state index is 11.6. The van der Waals surface area contributed by atoms with Gasteiger partial charge in [0.15, 0.2) is 0 Å². The fourth-order valence-corrected chi connectivity index (χ4v) is 1.20. The second kappa shape index (κ2) is 5.84. The third-order valence-corrected chi connectivity index (χ3v) is 1.97. The zero-order valence-electron chi connectivity index (χ0n) is 9.86. The smallest absolute Gasteiger partial charge is 0.373 e. The van der Waals surface area contributed by atoms with Gasteiger partial charge in [-0.1, -0.05) is 17.7 Å². The zero-order valence-corrected chi connectivity index (χ0v) is 9.86. The van der Waals surface area contributed by atoms with Crippen molar-refractivity contribution < 1.29 is 19.1 Å². The number of carbonyl (C=O) groups excluding carboxylic acids is 2. The number of carbonyl (C=O) groups is 2. The van der Waals surface area contributed by atoms with Gasteiger partial charge in [0.25, 0.3) is 0 Å². The molecule has 1 aromatic carbocycles. The van der Waals surface area contributed by atoms with Crippen molar-refractivity contribution in [2.75, 3.05) is 6.61 Å². The molecule has 0 fully saturated rings. The van der Waals surface area contributed by atoms with Crippen LogP contribution >= 0.6 is 0 Å². The SMILES string of the molecule is C=C(OC(=O)c1cccc(C)c1)C(=O)OCC. The van der Waals surface area contributed by atoms with Gasteiger partial charge in [-0.05, 0) is 32.6 Å². The van der Waals surface area contributed by atoms with Crippen LogP contribution in [0.3, 0.4) is 0 Å². The van der Waals surface area contributed by atoms with Crippen LogP contribution in [0.4, 0.5) is 0 Å². The Balaban J connectivity index is 2.67. The summed E-state index contributed by atoms with van der Waals surface area (Å²) in [6.45, 7) is 7.07. The first-order valence-electron chi connectivity index (χ1n) is 5.19. The van der Waals surface area contributed by atoms with Crippen molar-refractivity contribution in [1.82, 2.24) is 0 Å². The molecule has 0 aliphatic heterocycles. The Labute approximate surface area is 99.8 Å². The van der Waals surface area contributed by atoms with Crippen molar-refractivity contribution >= 4 is 11.9 Å². The summed E-state index contributed by atoms with van der Waals surface area (Å²) >= 11 is 0. The van der Waals surface area contributed by atoms with E-state index in [4.69, 9.17) is 4.74 Å². The van der Waals surface area contributed by atoms with Gasteiger partial charge in [-0.25, -0.2) is 9.59 Å². The molecule has 0 amide bonds. The molecule has 0 radical (unpaired) electrons. The van der Waals surface area contributed by atoms with Gasteiger partial charge in [-0.3, -0.25) is 0 Å². The summed E-state index contributed by atoms with van der Waals surface area (Å²) in [4.78, 5) is 22.8. The maximum Gasteiger partial charge on any atom is 0.373 e. The van der Waals surface area contributed by atoms with Crippen LogP contribution in [-0.2, 0) is 14.3 Å². The number of benzene rings is 1. The highest BCUT2D eigenvalue weighted by Crippen LogP contribution is 2.08. The fourth-order valence-electron chi connectivity index (χ4n) is 1.20. The Morgan fingerprint density at radius 2 is 2.06 bits per heavy atom. The number of hydrogen-bond acceptors (Lipinski definition) is 4. The summed E-state index contributed by atoms with van der Waals surface area (Å²) in [5, 5.41) is 0. The predicted molar refractivity (Wildman–Crippen MR) is 62.4 cm³/mol. The zero-order chi connectivity index (χ0) is 12.8. The molecule has 0 aliphatic rings. The van der Waals surface area contributed by atoms with Gasteiger partial charge in [-0.15, -0.1) is 0 Å². The summed E-state index contributed by atoms with van der Waals surface area (Å²) in [5.74, 6) is -1.65. The average Bonchev–Trinajstić information content (AvgIpc) is 2.29. The highest BCUT2D eigenvalue weighted by atomic mass is 16.6. The van der Waals surface area contributed by atoms with Crippen LogP contribution in [0.15, 0.2) is 36.6 Å². The minimum absolute atomic E-state index is 0.208. The van der Waals surface area contributed by atoms with Gasteiger partial charge in [0.1, 0.15) is 0 Å². The molecule has 0 unspecified atom stereocenters. The van der Waals surface area contributed by atoms with Crippen molar-refractivity contribution in [3.8, 4) is 0 Å². The van der Waals surface area contributed by atoms with Crippen molar-refractivity contribution in [2.45, 2.75) is 13.8 Å². The minimum atomic E-state index is -0.728. The number of esters is 2. The third kappa shape index (κ3) is 3.75. The Morgan fingerprint density at radius 3 is 2.65 bits per heavy atom. The molecule has 0 heterocycles. The summed E-state index contributed by atoms with van der Waals surface area (Å²) in [6.07, 6.45) is 0. The lowest BCUT2D eigenvalue weighted by atomic mass is 10.1. The molecule has 0 N–H and O–H groups in total. The second-order valence-corrected chi connectivity index (χ2v) is 3.40. The minimum Gasteiger partial charge on any atom is -0.460 e. The van der Waals surface area contributed by atoms with Gasteiger partial charge in [0.2, 0.25) is 5.76 Å². The molecule has 0 saturated heterocycles. The molecule has 90 valence electrons. The molecular formula is C13H14O4. The Bertz CT molecular complexity index is 448. The predicted octanol–water partition coefficient (Wildman–Crippen LogP) is 2.23. The monoisotopic (exact) mass is 234 g/mol. The van der Waals surface area contributed by atoms with E-state index >= 15 is 0 Å². The van der Waals surface area contributed by atoms with Gasteiger partial charge in [0.05, 0.1) is 12.2 Å². The van der Waals surface area contributed by atoms with Gasteiger partial charge < -0.3 is 9.47 Å².